The molecule has 2 aliphatic carbocycles. The maximum atomic E-state index is 13.7. The number of carbonyl (C=O) groups excluding carboxylic acids is 1. The van der Waals surface area contributed by atoms with Gasteiger partial charge < -0.3 is 10.4 Å². The Hall–Kier alpha value is -1.98. The minimum absolute atomic E-state index is 0.118. The summed E-state index contributed by atoms with van der Waals surface area (Å²) in [6.07, 6.45) is 2.22. The quantitative estimate of drug-likeness (QED) is 0.898. The summed E-state index contributed by atoms with van der Waals surface area (Å²) in [5, 5.41) is 11.8. The summed E-state index contributed by atoms with van der Waals surface area (Å²) in [7, 11) is 0. The molecule has 0 bridgehead atoms. The van der Waals surface area contributed by atoms with Crippen molar-refractivity contribution in [1.82, 2.24) is 5.32 Å². The molecule has 22 heavy (non-hydrogen) atoms. The molecule has 2 aliphatic rings. The fourth-order valence-electron chi connectivity index (χ4n) is 3.28. The molecule has 1 amide bonds. The topological polar surface area (TPSA) is 66.4 Å². The van der Waals surface area contributed by atoms with E-state index in [4.69, 9.17) is 5.11 Å². The number of hydrogen-bond donors (Lipinski definition) is 2. The maximum absolute atomic E-state index is 13.7. The van der Waals surface area contributed by atoms with E-state index in [1.807, 2.05) is 0 Å². The van der Waals surface area contributed by atoms with Crippen molar-refractivity contribution in [1.29, 1.82) is 0 Å². The lowest BCUT2D eigenvalue weighted by Gasteiger charge is -2.12. The van der Waals surface area contributed by atoms with Crippen molar-refractivity contribution in [2.75, 3.05) is 0 Å². The molecule has 0 radical (unpaired) electrons. The van der Waals surface area contributed by atoms with Crippen molar-refractivity contribution in [3.8, 4) is 0 Å². The average Bonchev–Trinajstić information content (AvgIpc) is 3.10. The lowest BCUT2D eigenvalue weighted by molar-refractivity contribution is -0.141. The van der Waals surface area contributed by atoms with Gasteiger partial charge in [0.25, 0.3) is 0 Å². The van der Waals surface area contributed by atoms with E-state index < -0.39 is 23.5 Å². The molecule has 0 saturated heterocycles. The first kappa shape index (κ1) is 14.9. The molecule has 2 unspecified atom stereocenters. The van der Waals surface area contributed by atoms with Crippen LogP contribution < -0.4 is 5.32 Å². The summed E-state index contributed by atoms with van der Waals surface area (Å²) in [6, 6.07) is 3.29. The van der Waals surface area contributed by atoms with Crippen LogP contribution >= 0.6 is 0 Å². The first-order valence-electron chi connectivity index (χ1n) is 7.44. The largest absolute Gasteiger partial charge is 0.481 e. The van der Waals surface area contributed by atoms with Gasteiger partial charge in [-0.2, -0.15) is 0 Å². The number of amides is 1. The number of benzene rings is 1. The second-order valence-electron chi connectivity index (χ2n) is 6.17. The van der Waals surface area contributed by atoms with Crippen LogP contribution in [0.2, 0.25) is 0 Å². The zero-order valence-electron chi connectivity index (χ0n) is 11.9. The normalized spacial score (nSPS) is 30.1. The van der Waals surface area contributed by atoms with E-state index in [1.54, 1.807) is 0 Å². The lowest BCUT2D eigenvalue weighted by Crippen LogP contribution is -2.34. The Morgan fingerprint density at radius 1 is 1.18 bits per heavy atom. The van der Waals surface area contributed by atoms with Gasteiger partial charge in [0, 0.05) is 18.0 Å². The molecular formula is C16H17F2NO3. The van der Waals surface area contributed by atoms with E-state index in [0.717, 1.165) is 6.07 Å². The highest BCUT2D eigenvalue weighted by Gasteiger charge is 2.46. The van der Waals surface area contributed by atoms with Crippen molar-refractivity contribution < 1.29 is 23.5 Å². The predicted octanol–water partition coefficient (Wildman–Crippen LogP) is 2.44. The maximum Gasteiger partial charge on any atom is 0.306 e. The Bertz CT molecular complexity index is 619. The molecule has 0 heterocycles. The van der Waals surface area contributed by atoms with Gasteiger partial charge in [-0.3, -0.25) is 9.59 Å². The summed E-state index contributed by atoms with van der Waals surface area (Å²) in [5.74, 6) is -3.14. The molecule has 4 nitrogen and oxygen atoms in total. The second-order valence-corrected chi connectivity index (χ2v) is 6.17. The highest BCUT2D eigenvalue weighted by atomic mass is 19.1. The third kappa shape index (κ3) is 2.96. The summed E-state index contributed by atoms with van der Waals surface area (Å²) < 4.78 is 26.6. The van der Waals surface area contributed by atoms with Crippen LogP contribution in [-0.2, 0) is 9.59 Å². The van der Waals surface area contributed by atoms with Crippen molar-refractivity contribution >= 4 is 11.9 Å². The fraction of sp³-hybridized carbons (Fsp3) is 0.500. The number of rotatable bonds is 4. The number of carbonyl (C=O) groups is 2. The highest BCUT2D eigenvalue weighted by molar-refractivity contribution is 5.83. The number of aliphatic carboxylic acids is 1. The minimum Gasteiger partial charge on any atom is -0.481 e. The summed E-state index contributed by atoms with van der Waals surface area (Å²) in [6.45, 7) is 0. The highest BCUT2D eigenvalue weighted by Crippen LogP contribution is 2.48. The molecular weight excluding hydrogens is 292 g/mol. The lowest BCUT2D eigenvalue weighted by atomic mass is 10.1. The third-order valence-electron chi connectivity index (χ3n) is 4.62. The molecule has 2 fully saturated rings. The Morgan fingerprint density at radius 3 is 2.59 bits per heavy atom. The van der Waals surface area contributed by atoms with Gasteiger partial charge in [0.15, 0.2) is 0 Å². The molecule has 0 aromatic heterocycles. The van der Waals surface area contributed by atoms with Crippen molar-refractivity contribution in [2.45, 2.75) is 37.6 Å². The van der Waals surface area contributed by atoms with Crippen LogP contribution in [0.3, 0.4) is 0 Å². The number of halogens is 2. The van der Waals surface area contributed by atoms with Gasteiger partial charge in [0.2, 0.25) is 5.91 Å². The summed E-state index contributed by atoms with van der Waals surface area (Å²) in [4.78, 5) is 23.0. The van der Waals surface area contributed by atoms with Crippen LogP contribution in [0.1, 0.15) is 37.2 Å². The van der Waals surface area contributed by atoms with Crippen LogP contribution in [0, 0.1) is 23.5 Å². The van der Waals surface area contributed by atoms with E-state index in [0.29, 0.717) is 31.2 Å². The van der Waals surface area contributed by atoms with Crippen molar-refractivity contribution in [2.24, 2.45) is 11.8 Å². The van der Waals surface area contributed by atoms with E-state index in [2.05, 4.69) is 5.32 Å². The number of hydrogen-bond acceptors (Lipinski definition) is 2. The molecule has 3 rings (SSSR count). The van der Waals surface area contributed by atoms with Crippen molar-refractivity contribution in [3.63, 3.8) is 0 Å². The van der Waals surface area contributed by atoms with Crippen LogP contribution in [0.25, 0.3) is 0 Å². The predicted molar refractivity (Wildman–Crippen MR) is 74.1 cm³/mol. The Labute approximate surface area is 126 Å². The first-order chi connectivity index (χ1) is 10.5. The smallest absolute Gasteiger partial charge is 0.306 e. The molecule has 0 aliphatic heterocycles. The molecule has 1 aromatic carbocycles. The van der Waals surface area contributed by atoms with Crippen LogP contribution in [0.15, 0.2) is 18.2 Å². The van der Waals surface area contributed by atoms with Crippen LogP contribution in [0.4, 0.5) is 8.78 Å². The van der Waals surface area contributed by atoms with E-state index in [9.17, 15) is 18.4 Å². The SMILES string of the molecule is O=C(N[C@@H]1CC[C@H](C(=O)O)C1)C1CC1c1ccc(F)cc1F. The van der Waals surface area contributed by atoms with Gasteiger partial charge in [-0.05, 0) is 43.2 Å². The van der Waals surface area contributed by atoms with Crippen LogP contribution in [0.5, 0.6) is 0 Å². The Morgan fingerprint density at radius 2 is 1.95 bits per heavy atom. The van der Waals surface area contributed by atoms with Gasteiger partial charge in [-0.25, -0.2) is 8.78 Å². The van der Waals surface area contributed by atoms with Gasteiger partial charge in [-0.15, -0.1) is 0 Å². The van der Waals surface area contributed by atoms with Gasteiger partial charge in [-0.1, -0.05) is 6.07 Å². The van der Waals surface area contributed by atoms with Gasteiger partial charge in [0.05, 0.1) is 5.92 Å². The minimum atomic E-state index is -0.825. The van der Waals surface area contributed by atoms with Crippen LogP contribution in [-0.4, -0.2) is 23.0 Å². The molecule has 2 saturated carbocycles. The van der Waals surface area contributed by atoms with Gasteiger partial charge in [0.1, 0.15) is 11.6 Å². The zero-order valence-corrected chi connectivity index (χ0v) is 11.9. The number of carboxylic acids is 1. The van der Waals surface area contributed by atoms with E-state index >= 15 is 0 Å². The molecule has 118 valence electrons. The summed E-state index contributed by atoms with van der Waals surface area (Å²) in [5.41, 5.74) is 0.372. The molecule has 6 heteroatoms. The zero-order chi connectivity index (χ0) is 15.9. The first-order valence-corrected chi connectivity index (χ1v) is 7.44. The number of nitrogens with one attached hydrogen (secondary N) is 1. The average molecular weight is 309 g/mol. The van der Waals surface area contributed by atoms with E-state index in [1.165, 1.54) is 12.1 Å². The molecule has 2 N–H and O–H groups in total. The van der Waals surface area contributed by atoms with Crippen molar-refractivity contribution in [3.05, 3.63) is 35.4 Å². The summed E-state index contributed by atoms with van der Waals surface area (Å²) >= 11 is 0. The van der Waals surface area contributed by atoms with Gasteiger partial charge >= 0.3 is 5.97 Å². The number of carboxylic acid groups (broad SMARTS) is 1. The fourth-order valence-corrected chi connectivity index (χ4v) is 3.28. The Kier molecular flexibility index (Phi) is 3.85. The standard InChI is InChI=1S/C16H17F2NO3/c17-9-2-4-11(14(18)6-9)12-7-13(12)15(20)19-10-3-1-8(5-10)16(21)22/h2,4,6,8,10,12-13H,1,3,5,7H2,(H,19,20)(H,21,22)/t8-,10+,12?,13?/m0/s1. The second kappa shape index (κ2) is 5.66. The third-order valence-corrected chi connectivity index (χ3v) is 4.62. The molecule has 0 spiro atoms. The monoisotopic (exact) mass is 309 g/mol. The molecule has 4 atom stereocenters. The molecule has 1 aromatic rings. The Balaban J connectivity index is 1.56. The van der Waals surface area contributed by atoms with E-state index in [-0.39, 0.29) is 23.8 Å².